The zero-order valence-corrected chi connectivity index (χ0v) is 13.5. The van der Waals surface area contributed by atoms with Crippen LogP contribution in [0.1, 0.15) is 48.8 Å². The number of amides is 1. The fourth-order valence-electron chi connectivity index (χ4n) is 2.11. The van der Waals surface area contributed by atoms with Crippen molar-refractivity contribution in [2.45, 2.75) is 38.6 Å². The normalized spacial score (nSPS) is 18.4. The molecule has 1 fully saturated rings. The lowest BCUT2D eigenvalue weighted by Gasteiger charge is -2.10. The zero-order valence-electron chi connectivity index (χ0n) is 11.1. The molecule has 5 nitrogen and oxygen atoms in total. The van der Waals surface area contributed by atoms with Crippen molar-refractivity contribution in [1.29, 1.82) is 0 Å². The molecule has 0 aromatic carbocycles. The van der Waals surface area contributed by atoms with Crippen molar-refractivity contribution in [3.63, 3.8) is 0 Å². The van der Waals surface area contributed by atoms with E-state index in [1.165, 1.54) is 6.42 Å². The van der Waals surface area contributed by atoms with Crippen LogP contribution in [0.15, 0.2) is 4.47 Å². The van der Waals surface area contributed by atoms with E-state index in [0.717, 1.165) is 23.1 Å². The molecule has 0 spiro atoms. The Kier molecular flexibility index (Phi) is 6.29. The summed E-state index contributed by atoms with van der Waals surface area (Å²) in [4.78, 5) is 12.0. The number of aromatic amines is 1. The standard InChI is InChI=1S/C12H19BrN4O.ClH/c1-7(2)10-9(13)11(17-16-10)12(18)15-6-8-4-3-5-14-8;/h7-8,14H,3-6H2,1-2H3,(H,15,18)(H,16,17);1H. The van der Waals surface area contributed by atoms with Gasteiger partial charge in [-0.1, -0.05) is 13.8 Å². The predicted octanol–water partition coefficient (Wildman–Crippen LogP) is 2.20. The third-order valence-corrected chi connectivity index (χ3v) is 4.00. The Hall–Kier alpha value is -0.590. The molecule has 2 heterocycles. The molecule has 0 saturated carbocycles. The molecule has 0 radical (unpaired) electrons. The molecule has 3 N–H and O–H groups in total. The van der Waals surface area contributed by atoms with E-state index in [2.05, 4.69) is 50.6 Å². The van der Waals surface area contributed by atoms with E-state index in [-0.39, 0.29) is 18.3 Å². The maximum Gasteiger partial charge on any atom is 0.273 e. The molecule has 7 heteroatoms. The molecule has 1 aromatic heterocycles. The number of carbonyl (C=O) groups excluding carboxylic acids is 1. The maximum absolute atomic E-state index is 12.0. The Balaban J connectivity index is 0.00000180. The molecule has 1 aromatic rings. The summed E-state index contributed by atoms with van der Waals surface area (Å²) in [6.45, 7) is 5.82. The van der Waals surface area contributed by atoms with Crippen molar-refractivity contribution in [3.8, 4) is 0 Å². The largest absolute Gasteiger partial charge is 0.349 e. The first kappa shape index (κ1) is 16.5. The van der Waals surface area contributed by atoms with E-state index in [1.807, 2.05) is 0 Å². The van der Waals surface area contributed by atoms with Gasteiger partial charge < -0.3 is 10.6 Å². The van der Waals surface area contributed by atoms with Crippen LogP contribution in [0.4, 0.5) is 0 Å². The fraction of sp³-hybridized carbons (Fsp3) is 0.667. The van der Waals surface area contributed by atoms with Crippen LogP contribution in [0.5, 0.6) is 0 Å². The summed E-state index contributed by atoms with van der Waals surface area (Å²) in [7, 11) is 0. The minimum Gasteiger partial charge on any atom is -0.349 e. The second-order valence-electron chi connectivity index (χ2n) is 4.96. The molecule has 1 unspecified atom stereocenters. The Labute approximate surface area is 127 Å². The highest BCUT2D eigenvalue weighted by Gasteiger charge is 2.20. The summed E-state index contributed by atoms with van der Waals surface area (Å²) in [5, 5.41) is 13.3. The minimum atomic E-state index is -0.126. The molecule has 108 valence electrons. The van der Waals surface area contributed by atoms with Crippen molar-refractivity contribution in [3.05, 3.63) is 15.9 Å². The first-order chi connectivity index (χ1) is 8.59. The number of nitrogens with zero attached hydrogens (tertiary/aromatic N) is 1. The number of halogens is 2. The van der Waals surface area contributed by atoms with Gasteiger partial charge in [0.15, 0.2) is 5.69 Å². The summed E-state index contributed by atoms with van der Waals surface area (Å²) in [6, 6.07) is 0.399. The molecule has 0 bridgehead atoms. The molecule has 1 aliphatic heterocycles. The SMILES string of the molecule is CC(C)c1[nH]nc(C(=O)NCC2CCCN2)c1Br.Cl. The van der Waals surface area contributed by atoms with Crippen molar-refractivity contribution in [2.75, 3.05) is 13.1 Å². The topological polar surface area (TPSA) is 69.8 Å². The summed E-state index contributed by atoms with van der Waals surface area (Å²) < 4.78 is 0.773. The van der Waals surface area contributed by atoms with Gasteiger partial charge in [0.25, 0.3) is 5.91 Å². The van der Waals surface area contributed by atoms with E-state index >= 15 is 0 Å². The molecule has 1 atom stereocenters. The lowest BCUT2D eigenvalue weighted by molar-refractivity contribution is 0.0944. The van der Waals surface area contributed by atoms with Gasteiger partial charge in [0, 0.05) is 12.6 Å². The molecule has 1 amide bonds. The van der Waals surface area contributed by atoms with Gasteiger partial charge in [-0.05, 0) is 41.2 Å². The number of H-pyrrole nitrogens is 1. The first-order valence-electron chi connectivity index (χ1n) is 6.35. The van der Waals surface area contributed by atoms with Crippen LogP contribution in [0.25, 0.3) is 0 Å². The van der Waals surface area contributed by atoms with E-state index < -0.39 is 0 Å². The summed E-state index contributed by atoms with van der Waals surface area (Å²) in [5.41, 5.74) is 1.40. The average molecular weight is 352 g/mol. The van der Waals surface area contributed by atoms with Crippen molar-refractivity contribution < 1.29 is 4.79 Å². The van der Waals surface area contributed by atoms with E-state index in [1.54, 1.807) is 0 Å². The molecule has 1 aliphatic rings. The second kappa shape index (κ2) is 7.26. The first-order valence-corrected chi connectivity index (χ1v) is 7.14. The quantitative estimate of drug-likeness (QED) is 0.779. The van der Waals surface area contributed by atoms with Crippen LogP contribution in [0.3, 0.4) is 0 Å². The van der Waals surface area contributed by atoms with Gasteiger partial charge in [0.2, 0.25) is 0 Å². The smallest absolute Gasteiger partial charge is 0.273 e. The summed E-state index contributed by atoms with van der Waals surface area (Å²) >= 11 is 3.44. The predicted molar refractivity (Wildman–Crippen MR) is 81.0 cm³/mol. The van der Waals surface area contributed by atoms with Crippen molar-refractivity contribution in [1.82, 2.24) is 20.8 Å². The van der Waals surface area contributed by atoms with Gasteiger partial charge in [-0.2, -0.15) is 5.10 Å². The zero-order chi connectivity index (χ0) is 13.1. The average Bonchev–Trinajstić information content (AvgIpc) is 2.94. The van der Waals surface area contributed by atoms with Gasteiger partial charge in [-0.3, -0.25) is 9.89 Å². The molecule has 0 aliphatic carbocycles. The van der Waals surface area contributed by atoms with Gasteiger partial charge in [0.1, 0.15) is 0 Å². The van der Waals surface area contributed by atoms with Gasteiger partial charge in [-0.25, -0.2) is 0 Å². The third-order valence-electron chi connectivity index (χ3n) is 3.20. The lowest BCUT2D eigenvalue weighted by Crippen LogP contribution is -2.37. The van der Waals surface area contributed by atoms with Crippen molar-refractivity contribution >= 4 is 34.2 Å². The number of hydrogen-bond donors (Lipinski definition) is 3. The van der Waals surface area contributed by atoms with Crippen LogP contribution in [0, 0.1) is 0 Å². The van der Waals surface area contributed by atoms with Crippen LogP contribution in [-0.2, 0) is 0 Å². The van der Waals surface area contributed by atoms with Crippen LogP contribution in [-0.4, -0.2) is 35.2 Å². The second-order valence-corrected chi connectivity index (χ2v) is 5.75. The van der Waals surface area contributed by atoms with Gasteiger partial charge in [-0.15, -0.1) is 12.4 Å². The number of carbonyl (C=O) groups is 1. The fourth-order valence-corrected chi connectivity index (χ4v) is 2.92. The molecule has 1 saturated heterocycles. The third kappa shape index (κ3) is 3.94. The summed E-state index contributed by atoms with van der Waals surface area (Å²) in [5.74, 6) is 0.184. The Morgan fingerprint density at radius 2 is 2.32 bits per heavy atom. The highest BCUT2D eigenvalue weighted by atomic mass is 79.9. The number of hydrogen-bond acceptors (Lipinski definition) is 3. The molecular formula is C12H20BrClN4O. The number of nitrogens with one attached hydrogen (secondary N) is 3. The Morgan fingerprint density at radius 1 is 1.58 bits per heavy atom. The lowest BCUT2D eigenvalue weighted by atomic mass is 10.1. The highest BCUT2D eigenvalue weighted by Crippen LogP contribution is 2.25. The number of rotatable bonds is 4. The Bertz CT molecular complexity index is 429. The molecule has 19 heavy (non-hydrogen) atoms. The summed E-state index contributed by atoms with van der Waals surface area (Å²) in [6.07, 6.45) is 2.31. The van der Waals surface area contributed by atoms with E-state index in [0.29, 0.717) is 24.2 Å². The Morgan fingerprint density at radius 3 is 2.84 bits per heavy atom. The maximum atomic E-state index is 12.0. The van der Waals surface area contributed by atoms with Crippen LogP contribution in [0.2, 0.25) is 0 Å². The highest BCUT2D eigenvalue weighted by molar-refractivity contribution is 9.10. The van der Waals surface area contributed by atoms with E-state index in [9.17, 15) is 4.79 Å². The minimum absolute atomic E-state index is 0. The molecule has 2 rings (SSSR count). The van der Waals surface area contributed by atoms with Crippen LogP contribution >= 0.6 is 28.3 Å². The molecular weight excluding hydrogens is 332 g/mol. The number of aromatic nitrogens is 2. The van der Waals surface area contributed by atoms with Gasteiger partial charge in [0.05, 0.1) is 10.2 Å². The monoisotopic (exact) mass is 350 g/mol. The van der Waals surface area contributed by atoms with Crippen molar-refractivity contribution in [2.24, 2.45) is 0 Å². The van der Waals surface area contributed by atoms with E-state index in [4.69, 9.17) is 0 Å². The van der Waals surface area contributed by atoms with Gasteiger partial charge >= 0.3 is 0 Å². The van der Waals surface area contributed by atoms with Crippen LogP contribution < -0.4 is 10.6 Å².